The van der Waals surface area contributed by atoms with Crippen molar-refractivity contribution in [1.29, 1.82) is 0 Å². The Bertz CT molecular complexity index is 2140. The van der Waals surface area contributed by atoms with Gasteiger partial charge in [0.25, 0.3) is 0 Å². The Kier molecular flexibility index (Phi) is 5.47. The van der Waals surface area contributed by atoms with Crippen LogP contribution in [0.1, 0.15) is 27.7 Å². The molecule has 4 heteroatoms. The van der Waals surface area contributed by atoms with Crippen molar-refractivity contribution >= 4 is 56.1 Å². The Hall–Kier alpha value is -4.38. The van der Waals surface area contributed by atoms with Gasteiger partial charge in [-0.2, -0.15) is 0 Å². The van der Waals surface area contributed by atoms with Crippen molar-refractivity contribution in [3.8, 4) is 22.3 Å². The second-order valence-electron chi connectivity index (χ2n) is 12.4. The summed E-state index contributed by atoms with van der Waals surface area (Å²) < 4.78 is 19.8. The highest BCUT2D eigenvalue weighted by atomic mass is 16.7. The molecule has 6 aromatic carbocycles. The highest BCUT2D eigenvalue weighted by molar-refractivity contribution is 6.66. The van der Waals surface area contributed by atoms with Gasteiger partial charge in [0.2, 0.25) is 0 Å². The highest BCUT2D eigenvalue weighted by Gasteiger charge is 2.52. The van der Waals surface area contributed by atoms with E-state index in [4.69, 9.17) is 13.7 Å². The fourth-order valence-corrected chi connectivity index (χ4v) is 6.20. The van der Waals surface area contributed by atoms with Crippen molar-refractivity contribution in [3.05, 3.63) is 115 Å². The Balaban J connectivity index is 1.29. The van der Waals surface area contributed by atoms with E-state index in [0.717, 1.165) is 43.9 Å². The van der Waals surface area contributed by atoms with Gasteiger partial charge < -0.3 is 13.7 Å². The average Bonchev–Trinajstić information content (AvgIpc) is 3.47. The molecule has 0 amide bonds. The quantitative estimate of drug-likeness (QED) is 0.207. The van der Waals surface area contributed by atoms with E-state index in [-0.39, 0.29) is 0 Å². The van der Waals surface area contributed by atoms with Gasteiger partial charge in [-0.15, -0.1) is 0 Å². The SMILES string of the molecule is CC1(C)OB(c2ccc(-c3ccc(-c4ccc5ccccc5c4)cc3)c3oc4cc5ccccc5cc4c23)OC1(C)C. The minimum Gasteiger partial charge on any atom is -0.455 e. The summed E-state index contributed by atoms with van der Waals surface area (Å²) >= 11 is 0. The molecule has 0 aliphatic carbocycles. The van der Waals surface area contributed by atoms with Gasteiger partial charge >= 0.3 is 7.12 Å². The number of fused-ring (bicyclic) bond motifs is 5. The molecular formula is C38H31BO3. The molecule has 7 aromatic rings. The van der Waals surface area contributed by atoms with E-state index in [1.165, 1.54) is 27.3 Å². The lowest BCUT2D eigenvalue weighted by Gasteiger charge is -2.32. The molecule has 8 rings (SSSR count). The van der Waals surface area contributed by atoms with E-state index in [2.05, 4.69) is 143 Å². The fraction of sp³-hybridized carbons (Fsp3) is 0.158. The second-order valence-corrected chi connectivity index (χ2v) is 12.4. The zero-order chi connectivity index (χ0) is 28.6. The molecule has 1 aliphatic heterocycles. The maximum absolute atomic E-state index is 6.70. The van der Waals surface area contributed by atoms with Gasteiger partial charge in [-0.25, -0.2) is 0 Å². The molecule has 204 valence electrons. The zero-order valence-corrected chi connectivity index (χ0v) is 24.3. The summed E-state index contributed by atoms with van der Waals surface area (Å²) in [5.41, 5.74) is 6.38. The predicted octanol–water partition coefficient (Wildman–Crippen LogP) is 9.53. The second kappa shape index (κ2) is 9.06. The summed E-state index contributed by atoms with van der Waals surface area (Å²) in [6.07, 6.45) is 0. The molecule has 1 aromatic heterocycles. The number of furan rings is 1. The number of benzene rings is 6. The molecule has 42 heavy (non-hydrogen) atoms. The summed E-state index contributed by atoms with van der Waals surface area (Å²) in [7, 11) is -0.492. The third kappa shape index (κ3) is 3.90. The van der Waals surface area contributed by atoms with Crippen LogP contribution in [-0.4, -0.2) is 18.3 Å². The van der Waals surface area contributed by atoms with E-state index in [0.29, 0.717) is 0 Å². The first-order valence-corrected chi connectivity index (χ1v) is 14.6. The number of hydrogen-bond acceptors (Lipinski definition) is 3. The summed E-state index contributed by atoms with van der Waals surface area (Å²) in [5, 5.41) is 6.95. The number of rotatable bonds is 3. The number of hydrogen-bond donors (Lipinski definition) is 0. The fourth-order valence-electron chi connectivity index (χ4n) is 6.20. The van der Waals surface area contributed by atoms with Gasteiger partial charge in [-0.05, 0) is 89.6 Å². The maximum Gasteiger partial charge on any atom is 0.495 e. The molecule has 0 N–H and O–H groups in total. The van der Waals surface area contributed by atoms with Crippen LogP contribution in [0.15, 0.2) is 120 Å². The lowest BCUT2D eigenvalue weighted by molar-refractivity contribution is 0.00578. The van der Waals surface area contributed by atoms with Crippen molar-refractivity contribution < 1.29 is 13.7 Å². The molecule has 0 unspecified atom stereocenters. The lowest BCUT2D eigenvalue weighted by atomic mass is 9.75. The van der Waals surface area contributed by atoms with E-state index < -0.39 is 18.3 Å². The third-order valence-corrected chi connectivity index (χ3v) is 9.31. The first-order valence-electron chi connectivity index (χ1n) is 14.6. The molecule has 1 fully saturated rings. The summed E-state index contributed by atoms with van der Waals surface area (Å²) in [6, 6.07) is 41.0. The van der Waals surface area contributed by atoms with Gasteiger partial charge in [-0.3, -0.25) is 0 Å². The van der Waals surface area contributed by atoms with Gasteiger partial charge in [0.15, 0.2) is 0 Å². The topological polar surface area (TPSA) is 31.6 Å². The first kappa shape index (κ1) is 25.3. The Labute approximate surface area is 245 Å². The van der Waals surface area contributed by atoms with Crippen LogP contribution in [0.25, 0.3) is 65.7 Å². The molecular weight excluding hydrogens is 515 g/mol. The normalized spacial score (nSPS) is 16.2. The van der Waals surface area contributed by atoms with E-state index >= 15 is 0 Å². The molecule has 3 nitrogen and oxygen atoms in total. The standard InChI is InChI=1S/C38H31BO3/c1-37(2)38(3,4)42-39(41-37)33-20-19-31(36-35(33)32-22-28-11-7-8-12-29(28)23-34(32)40-36)26-16-13-25(14-17-26)30-18-15-24-9-5-6-10-27(24)21-30/h5-23H,1-4H3. The maximum atomic E-state index is 6.70. The van der Waals surface area contributed by atoms with Crippen LogP contribution in [0.2, 0.25) is 0 Å². The van der Waals surface area contributed by atoms with Crippen LogP contribution in [0.3, 0.4) is 0 Å². The monoisotopic (exact) mass is 546 g/mol. The summed E-state index contributed by atoms with van der Waals surface area (Å²) in [6.45, 7) is 8.38. The Morgan fingerprint density at radius 2 is 1.10 bits per heavy atom. The molecule has 1 aliphatic rings. The lowest BCUT2D eigenvalue weighted by Crippen LogP contribution is -2.41. The van der Waals surface area contributed by atoms with Crippen LogP contribution in [0, 0.1) is 0 Å². The van der Waals surface area contributed by atoms with Crippen molar-refractivity contribution in [2.45, 2.75) is 38.9 Å². The van der Waals surface area contributed by atoms with Crippen LogP contribution >= 0.6 is 0 Å². The van der Waals surface area contributed by atoms with Crippen molar-refractivity contribution in [2.75, 3.05) is 0 Å². The predicted molar refractivity (Wildman–Crippen MR) is 175 cm³/mol. The van der Waals surface area contributed by atoms with Crippen molar-refractivity contribution in [2.24, 2.45) is 0 Å². The van der Waals surface area contributed by atoms with E-state index in [1.807, 2.05) is 0 Å². The molecule has 2 heterocycles. The zero-order valence-electron chi connectivity index (χ0n) is 24.3. The van der Waals surface area contributed by atoms with E-state index in [1.54, 1.807) is 0 Å². The van der Waals surface area contributed by atoms with Crippen molar-refractivity contribution in [3.63, 3.8) is 0 Å². The molecule has 0 radical (unpaired) electrons. The van der Waals surface area contributed by atoms with Gasteiger partial charge in [0.1, 0.15) is 11.2 Å². The molecule has 0 saturated carbocycles. The van der Waals surface area contributed by atoms with E-state index in [9.17, 15) is 0 Å². The van der Waals surface area contributed by atoms with Gasteiger partial charge in [-0.1, -0.05) is 97.1 Å². The highest BCUT2D eigenvalue weighted by Crippen LogP contribution is 2.41. The minimum absolute atomic E-state index is 0.437. The molecule has 0 spiro atoms. The van der Waals surface area contributed by atoms with Gasteiger partial charge in [0, 0.05) is 16.3 Å². The van der Waals surface area contributed by atoms with Crippen LogP contribution in [0.5, 0.6) is 0 Å². The third-order valence-electron chi connectivity index (χ3n) is 9.31. The minimum atomic E-state index is -0.492. The molecule has 1 saturated heterocycles. The molecule has 0 bridgehead atoms. The smallest absolute Gasteiger partial charge is 0.455 e. The Morgan fingerprint density at radius 3 is 1.79 bits per heavy atom. The average molecular weight is 546 g/mol. The summed E-state index contributed by atoms with van der Waals surface area (Å²) in [4.78, 5) is 0. The first-order chi connectivity index (χ1) is 20.3. The van der Waals surface area contributed by atoms with Crippen LogP contribution < -0.4 is 5.46 Å². The summed E-state index contributed by atoms with van der Waals surface area (Å²) in [5.74, 6) is 0. The van der Waals surface area contributed by atoms with Crippen LogP contribution in [0.4, 0.5) is 0 Å². The molecule has 0 atom stereocenters. The largest absolute Gasteiger partial charge is 0.495 e. The van der Waals surface area contributed by atoms with Gasteiger partial charge in [0.05, 0.1) is 11.2 Å². The van der Waals surface area contributed by atoms with Crippen molar-refractivity contribution in [1.82, 2.24) is 0 Å². The van der Waals surface area contributed by atoms with Crippen LogP contribution in [-0.2, 0) is 9.31 Å². The Morgan fingerprint density at radius 1 is 0.524 bits per heavy atom.